The maximum absolute atomic E-state index is 12.3. The zero-order valence-electron chi connectivity index (χ0n) is 17.4. The number of aryl methyl sites for hydroxylation is 1. The molecule has 2 fully saturated rings. The lowest BCUT2D eigenvalue weighted by atomic mass is 9.63. The van der Waals surface area contributed by atoms with Gasteiger partial charge in [-0.3, -0.25) is 4.79 Å². The molecular weight excluding hydrogens is 372 g/mol. The number of amides is 1. The molecule has 2 aliphatic rings. The van der Waals surface area contributed by atoms with Crippen LogP contribution in [0.4, 0.5) is 0 Å². The maximum Gasteiger partial charge on any atom is 0.360 e. The van der Waals surface area contributed by atoms with Gasteiger partial charge in [0.2, 0.25) is 5.91 Å². The molecule has 2 heterocycles. The number of carbonyl (C=O) groups is 2. The molecule has 0 bridgehead atoms. The number of esters is 1. The molecule has 3 rings (SSSR count). The fraction of sp³-hybridized carbons (Fsp3) is 0.682. The summed E-state index contributed by atoms with van der Waals surface area (Å²) in [5.74, 6) is 0.110. The molecule has 1 aromatic heterocycles. The summed E-state index contributed by atoms with van der Waals surface area (Å²) in [5, 5.41) is 10.6. The van der Waals surface area contributed by atoms with Crippen molar-refractivity contribution in [1.29, 1.82) is 0 Å². The van der Waals surface area contributed by atoms with Gasteiger partial charge in [0.1, 0.15) is 6.26 Å². The summed E-state index contributed by atoms with van der Waals surface area (Å²) in [6, 6.07) is 0.0869. The molecule has 1 aromatic rings. The summed E-state index contributed by atoms with van der Waals surface area (Å²) >= 11 is 0. The summed E-state index contributed by atoms with van der Waals surface area (Å²) in [6.45, 7) is 2.77. The van der Waals surface area contributed by atoms with Crippen molar-refractivity contribution in [2.45, 2.75) is 76.9 Å². The van der Waals surface area contributed by atoms with Crippen LogP contribution in [-0.4, -0.2) is 52.7 Å². The van der Waals surface area contributed by atoms with Crippen molar-refractivity contribution in [3.05, 3.63) is 30.0 Å². The fourth-order valence-corrected chi connectivity index (χ4v) is 4.44. The van der Waals surface area contributed by atoms with E-state index in [0.717, 1.165) is 25.7 Å². The van der Waals surface area contributed by atoms with Crippen LogP contribution >= 0.6 is 0 Å². The Kier molecular flexibility index (Phi) is 7.11. The van der Waals surface area contributed by atoms with Gasteiger partial charge in [0.15, 0.2) is 11.6 Å². The zero-order chi connectivity index (χ0) is 20.9. The molecular formula is C22H32N2O5. The molecule has 7 heteroatoms. The first-order chi connectivity index (χ1) is 14.0. The number of carbonyl (C=O) groups excluding carboxylic acids is 2. The molecule has 29 heavy (non-hydrogen) atoms. The SMILES string of the molecule is CCC1([C@@H](O)C/C=C/[C@H]2CCC(=O)N2CCCc2nc(C(=O)OC)co2)CCC1. The van der Waals surface area contributed by atoms with Gasteiger partial charge in [0.25, 0.3) is 0 Å². The molecule has 2 atom stereocenters. The molecule has 160 valence electrons. The molecule has 1 saturated heterocycles. The van der Waals surface area contributed by atoms with Gasteiger partial charge in [-0.2, -0.15) is 0 Å². The van der Waals surface area contributed by atoms with E-state index in [0.29, 0.717) is 38.1 Å². The summed E-state index contributed by atoms with van der Waals surface area (Å²) in [5.41, 5.74) is 0.268. The lowest BCUT2D eigenvalue weighted by Crippen LogP contribution is -2.40. The van der Waals surface area contributed by atoms with Crippen molar-refractivity contribution < 1.29 is 23.8 Å². The van der Waals surface area contributed by atoms with Gasteiger partial charge >= 0.3 is 5.97 Å². The number of hydrogen-bond acceptors (Lipinski definition) is 6. The second-order valence-corrected chi connectivity index (χ2v) is 8.16. The minimum absolute atomic E-state index is 0.0869. The molecule has 0 unspecified atom stereocenters. The van der Waals surface area contributed by atoms with Crippen molar-refractivity contribution in [2.75, 3.05) is 13.7 Å². The molecule has 1 aliphatic carbocycles. The average Bonchev–Trinajstić information content (AvgIpc) is 3.29. The van der Waals surface area contributed by atoms with E-state index >= 15 is 0 Å². The third-order valence-corrected chi connectivity index (χ3v) is 6.59. The molecule has 1 saturated carbocycles. The predicted octanol–water partition coefficient (Wildman–Crippen LogP) is 3.27. The molecule has 7 nitrogen and oxygen atoms in total. The number of ether oxygens (including phenoxy) is 1. The van der Waals surface area contributed by atoms with E-state index in [1.54, 1.807) is 0 Å². The van der Waals surface area contributed by atoms with Crippen molar-refractivity contribution in [3.63, 3.8) is 0 Å². The highest BCUT2D eigenvalue weighted by Gasteiger charge is 2.41. The largest absolute Gasteiger partial charge is 0.464 e. The van der Waals surface area contributed by atoms with Crippen LogP contribution in [0.3, 0.4) is 0 Å². The van der Waals surface area contributed by atoms with Gasteiger partial charge in [-0.1, -0.05) is 25.5 Å². The van der Waals surface area contributed by atoms with Crippen LogP contribution in [0.1, 0.15) is 74.7 Å². The monoisotopic (exact) mass is 404 g/mol. The molecule has 1 amide bonds. The Morgan fingerprint density at radius 3 is 2.97 bits per heavy atom. The Bertz CT molecular complexity index is 732. The number of aliphatic hydroxyl groups is 1. The first-order valence-electron chi connectivity index (χ1n) is 10.7. The number of aromatic nitrogens is 1. The van der Waals surface area contributed by atoms with Gasteiger partial charge in [-0.25, -0.2) is 9.78 Å². The van der Waals surface area contributed by atoms with E-state index in [-0.39, 0.29) is 29.2 Å². The molecule has 1 N–H and O–H groups in total. The predicted molar refractivity (Wildman–Crippen MR) is 107 cm³/mol. The number of aliphatic hydroxyl groups excluding tert-OH is 1. The van der Waals surface area contributed by atoms with Crippen LogP contribution in [0.5, 0.6) is 0 Å². The van der Waals surface area contributed by atoms with E-state index in [2.05, 4.69) is 22.7 Å². The van der Waals surface area contributed by atoms with Gasteiger partial charge < -0.3 is 19.2 Å². The van der Waals surface area contributed by atoms with Gasteiger partial charge in [0.05, 0.1) is 19.3 Å². The summed E-state index contributed by atoms with van der Waals surface area (Å²) in [7, 11) is 1.30. The molecule has 1 aliphatic heterocycles. The Morgan fingerprint density at radius 1 is 1.52 bits per heavy atom. The number of hydrogen-bond donors (Lipinski definition) is 1. The highest BCUT2D eigenvalue weighted by molar-refractivity contribution is 5.86. The number of rotatable bonds is 10. The minimum Gasteiger partial charge on any atom is -0.464 e. The summed E-state index contributed by atoms with van der Waals surface area (Å²) in [6.07, 6.45) is 12.9. The number of methoxy groups -OCH3 is 1. The minimum atomic E-state index is -0.520. The lowest BCUT2D eigenvalue weighted by molar-refractivity contribution is -0.128. The van der Waals surface area contributed by atoms with Crippen LogP contribution in [0, 0.1) is 5.41 Å². The molecule has 0 spiro atoms. The Labute approximate surface area is 172 Å². The van der Waals surface area contributed by atoms with Crippen LogP contribution in [-0.2, 0) is 16.0 Å². The summed E-state index contributed by atoms with van der Waals surface area (Å²) < 4.78 is 9.92. The van der Waals surface area contributed by atoms with Gasteiger partial charge in [-0.15, -0.1) is 0 Å². The van der Waals surface area contributed by atoms with Crippen LogP contribution in [0.2, 0.25) is 0 Å². The Morgan fingerprint density at radius 2 is 2.31 bits per heavy atom. The normalized spacial score (nSPS) is 22.1. The summed E-state index contributed by atoms with van der Waals surface area (Å²) in [4.78, 5) is 29.7. The second-order valence-electron chi connectivity index (χ2n) is 8.16. The quantitative estimate of drug-likeness (QED) is 0.475. The molecule has 0 aromatic carbocycles. The smallest absolute Gasteiger partial charge is 0.360 e. The van der Waals surface area contributed by atoms with Crippen LogP contribution in [0.25, 0.3) is 0 Å². The van der Waals surface area contributed by atoms with Gasteiger partial charge in [-0.05, 0) is 43.9 Å². The van der Waals surface area contributed by atoms with E-state index in [1.807, 2.05) is 11.0 Å². The van der Waals surface area contributed by atoms with E-state index < -0.39 is 5.97 Å². The third-order valence-electron chi connectivity index (χ3n) is 6.59. The lowest BCUT2D eigenvalue weighted by Gasteiger charge is -2.45. The topological polar surface area (TPSA) is 92.9 Å². The highest BCUT2D eigenvalue weighted by atomic mass is 16.5. The highest BCUT2D eigenvalue weighted by Crippen LogP contribution is 2.47. The number of oxazole rings is 1. The first-order valence-corrected chi connectivity index (χ1v) is 10.7. The van der Waals surface area contributed by atoms with Crippen molar-refractivity contribution in [3.8, 4) is 0 Å². The Balaban J connectivity index is 1.47. The molecule has 0 radical (unpaired) electrons. The van der Waals surface area contributed by atoms with Crippen LogP contribution in [0.15, 0.2) is 22.8 Å². The van der Waals surface area contributed by atoms with Crippen LogP contribution < -0.4 is 0 Å². The maximum atomic E-state index is 12.3. The van der Waals surface area contributed by atoms with Crippen molar-refractivity contribution >= 4 is 11.9 Å². The number of nitrogens with zero attached hydrogens (tertiary/aromatic N) is 2. The standard InChI is InChI=1S/C22H32N2O5/c1-3-22(12-6-13-22)18(25)8-4-7-16-10-11-20(26)24(16)14-5-9-19-23-17(15-29-19)21(27)28-2/h4,7,15-16,18,25H,3,5-6,8-14H2,1-2H3/b7-4+/t16-,18-/m0/s1. The first kappa shape index (κ1) is 21.6. The van der Waals surface area contributed by atoms with E-state index in [4.69, 9.17) is 4.42 Å². The van der Waals surface area contributed by atoms with Crippen molar-refractivity contribution in [1.82, 2.24) is 9.88 Å². The second kappa shape index (κ2) is 9.57. The average molecular weight is 405 g/mol. The van der Waals surface area contributed by atoms with E-state index in [9.17, 15) is 14.7 Å². The number of likely N-dealkylation sites (tertiary alicyclic amines) is 1. The van der Waals surface area contributed by atoms with Crippen molar-refractivity contribution in [2.24, 2.45) is 5.41 Å². The Hall–Kier alpha value is -2.15. The van der Waals surface area contributed by atoms with E-state index in [1.165, 1.54) is 19.8 Å². The zero-order valence-corrected chi connectivity index (χ0v) is 17.4. The fourth-order valence-electron chi connectivity index (χ4n) is 4.44. The third kappa shape index (κ3) is 4.89. The van der Waals surface area contributed by atoms with Gasteiger partial charge in [0, 0.05) is 19.4 Å².